The highest BCUT2D eigenvalue weighted by molar-refractivity contribution is 5.67. The lowest BCUT2D eigenvalue weighted by atomic mass is 9.96. The molecule has 0 saturated carbocycles. The van der Waals surface area contributed by atoms with E-state index in [1.165, 1.54) is 0 Å². The minimum absolute atomic E-state index is 0.317. The standard InChI is InChI=1S/C9H17NO3/c1-3-13-8(11)10-6-4-5-9(2,12)7-10/h12H,3-7H2,1-2H3. The molecule has 1 N–H and O–H groups in total. The molecular weight excluding hydrogens is 170 g/mol. The number of aliphatic hydroxyl groups is 1. The number of hydrogen-bond acceptors (Lipinski definition) is 3. The fourth-order valence-electron chi connectivity index (χ4n) is 1.59. The van der Waals surface area contributed by atoms with Gasteiger partial charge in [0.25, 0.3) is 0 Å². The van der Waals surface area contributed by atoms with Gasteiger partial charge in [-0.3, -0.25) is 0 Å². The molecule has 1 fully saturated rings. The summed E-state index contributed by atoms with van der Waals surface area (Å²) in [5.74, 6) is 0. The number of β-amino-alcohol motifs (C(OH)–C–C–N with tert-alkyl or cyclic N) is 1. The van der Waals surface area contributed by atoms with Crippen LogP contribution in [0.25, 0.3) is 0 Å². The number of carbonyl (C=O) groups excluding carboxylic acids is 1. The topological polar surface area (TPSA) is 49.8 Å². The number of rotatable bonds is 1. The van der Waals surface area contributed by atoms with Crippen molar-refractivity contribution < 1.29 is 14.6 Å². The third kappa shape index (κ3) is 2.88. The lowest BCUT2D eigenvalue weighted by Gasteiger charge is -2.35. The van der Waals surface area contributed by atoms with Gasteiger partial charge in [-0.25, -0.2) is 4.79 Å². The van der Waals surface area contributed by atoms with E-state index >= 15 is 0 Å². The molecule has 1 aliphatic heterocycles. The summed E-state index contributed by atoms with van der Waals surface area (Å²) in [5, 5.41) is 9.71. The average Bonchev–Trinajstić information content (AvgIpc) is 2.03. The number of likely N-dealkylation sites (tertiary alicyclic amines) is 1. The lowest BCUT2D eigenvalue weighted by Crippen LogP contribution is -2.48. The van der Waals surface area contributed by atoms with E-state index in [9.17, 15) is 9.90 Å². The second-order valence-corrected chi connectivity index (χ2v) is 3.72. The molecule has 0 spiro atoms. The second kappa shape index (κ2) is 3.96. The van der Waals surface area contributed by atoms with Crippen molar-refractivity contribution in [1.82, 2.24) is 4.90 Å². The third-order valence-corrected chi connectivity index (χ3v) is 2.20. The van der Waals surface area contributed by atoms with Gasteiger partial charge in [-0.05, 0) is 26.7 Å². The van der Waals surface area contributed by atoms with E-state index in [-0.39, 0.29) is 6.09 Å². The van der Waals surface area contributed by atoms with Crippen LogP contribution < -0.4 is 0 Å². The Balaban J connectivity index is 2.47. The molecule has 1 heterocycles. The van der Waals surface area contributed by atoms with Gasteiger partial charge < -0.3 is 14.7 Å². The van der Waals surface area contributed by atoms with Crippen LogP contribution in [0.4, 0.5) is 4.79 Å². The van der Waals surface area contributed by atoms with Crippen LogP contribution in [0.1, 0.15) is 26.7 Å². The van der Waals surface area contributed by atoms with Gasteiger partial charge in [-0.2, -0.15) is 0 Å². The molecule has 1 amide bonds. The van der Waals surface area contributed by atoms with Gasteiger partial charge in [-0.1, -0.05) is 0 Å². The first-order valence-electron chi connectivity index (χ1n) is 4.69. The Morgan fingerprint density at radius 1 is 1.69 bits per heavy atom. The zero-order chi connectivity index (χ0) is 9.90. The molecule has 0 aromatic carbocycles. The van der Waals surface area contributed by atoms with Gasteiger partial charge in [0.15, 0.2) is 0 Å². The maximum absolute atomic E-state index is 11.3. The van der Waals surface area contributed by atoms with Crippen LogP contribution >= 0.6 is 0 Å². The molecule has 4 nitrogen and oxygen atoms in total. The Bertz CT molecular complexity index is 191. The van der Waals surface area contributed by atoms with Gasteiger partial charge >= 0.3 is 6.09 Å². The zero-order valence-corrected chi connectivity index (χ0v) is 8.25. The van der Waals surface area contributed by atoms with Crippen molar-refractivity contribution >= 4 is 6.09 Å². The summed E-state index contributed by atoms with van der Waals surface area (Å²) in [6.45, 7) is 4.98. The first-order valence-corrected chi connectivity index (χ1v) is 4.69. The van der Waals surface area contributed by atoms with Crippen molar-refractivity contribution in [2.75, 3.05) is 19.7 Å². The summed E-state index contributed by atoms with van der Waals surface area (Å²) in [7, 11) is 0. The third-order valence-electron chi connectivity index (χ3n) is 2.20. The summed E-state index contributed by atoms with van der Waals surface area (Å²) >= 11 is 0. The normalized spacial score (nSPS) is 28.7. The van der Waals surface area contributed by atoms with E-state index in [2.05, 4.69) is 0 Å². The molecule has 1 rings (SSSR count). The number of carbonyl (C=O) groups is 1. The molecule has 1 saturated heterocycles. The van der Waals surface area contributed by atoms with Crippen LogP contribution in [0.2, 0.25) is 0 Å². The number of nitrogens with zero attached hydrogens (tertiary/aromatic N) is 1. The summed E-state index contributed by atoms with van der Waals surface area (Å²) in [4.78, 5) is 12.8. The van der Waals surface area contributed by atoms with E-state index in [4.69, 9.17) is 4.74 Å². The van der Waals surface area contributed by atoms with Crippen LogP contribution in [0, 0.1) is 0 Å². The number of ether oxygens (including phenoxy) is 1. The van der Waals surface area contributed by atoms with E-state index in [1.54, 1.807) is 18.7 Å². The van der Waals surface area contributed by atoms with Crippen LogP contribution in [0.3, 0.4) is 0 Å². The molecule has 0 bridgehead atoms. The van der Waals surface area contributed by atoms with Gasteiger partial charge in [-0.15, -0.1) is 0 Å². The minimum Gasteiger partial charge on any atom is -0.450 e. The van der Waals surface area contributed by atoms with Crippen molar-refractivity contribution in [1.29, 1.82) is 0 Å². The smallest absolute Gasteiger partial charge is 0.409 e. The van der Waals surface area contributed by atoms with Crippen molar-refractivity contribution in [3.63, 3.8) is 0 Å². The molecule has 13 heavy (non-hydrogen) atoms. The SMILES string of the molecule is CCOC(=O)N1CCCC(C)(O)C1. The van der Waals surface area contributed by atoms with E-state index in [0.29, 0.717) is 19.7 Å². The predicted octanol–water partition coefficient (Wildman–Crippen LogP) is 0.990. The molecule has 0 radical (unpaired) electrons. The molecule has 1 aliphatic rings. The Hall–Kier alpha value is -0.770. The largest absolute Gasteiger partial charge is 0.450 e. The quantitative estimate of drug-likeness (QED) is 0.666. The maximum atomic E-state index is 11.3. The minimum atomic E-state index is -0.745. The Kier molecular flexibility index (Phi) is 3.14. The Labute approximate surface area is 78.5 Å². The summed E-state index contributed by atoms with van der Waals surface area (Å²) in [5.41, 5.74) is -0.745. The van der Waals surface area contributed by atoms with E-state index in [0.717, 1.165) is 12.8 Å². The molecule has 0 aromatic rings. The highest BCUT2D eigenvalue weighted by Crippen LogP contribution is 2.20. The molecule has 1 atom stereocenters. The van der Waals surface area contributed by atoms with E-state index < -0.39 is 5.60 Å². The first kappa shape index (κ1) is 10.3. The van der Waals surface area contributed by atoms with Crippen molar-refractivity contribution in [2.24, 2.45) is 0 Å². The van der Waals surface area contributed by atoms with Crippen LogP contribution in [0.5, 0.6) is 0 Å². The molecule has 4 heteroatoms. The average molecular weight is 187 g/mol. The number of amides is 1. The molecule has 1 unspecified atom stereocenters. The fraction of sp³-hybridized carbons (Fsp3) is 0.889. The highest BCUT2D eigenvalue weighted by Gasteiger charge is 2.31. The molecular formula is C9H17NO3. The van der Waals surface area contributed by atoms with Crippen LogP contribution in [0.15, 0.2) is 0 Å². The molecule has 0 aliphatic carbocycles. The van der Waals surface area contributed by atoms with Gasteiger partial charge in [0.2, 0.25) is 0 Å². The van der Waals surface area contributed by atoms with Crippen molar-refractivity contribution in [3.8, 4) is 0 Å². The summed E-state index contributed by atoms with van der Waals surface area (Å²) in [6.07, 6.45) is 1.27. The van der Waals surface area contributed by atoms with E-state index in [1.807, 2.05) is 0 Å². The summed E-state index contributed by atoms with van der Waals surface area (Å²) < 4.78 is 4.85. The van der Waals surface area contributed by atoms with Crippen molar-refractivity contribution in [3.05, 3.63) is 0 Å². The fourth-order valence-corrected chi connectivity index (χ4v) is 1.59. The van der Waals surface area contributed by atoms with Gasteiger partial charge in [0.1, 0.15) is 0 Å². The Morgan fingerprint density at radius 3 is 2.92 bits per heavy atom. The van der Waals surface area contributed by atoms with Crippen LogP contribution in [-0.2, 0) is 4.74 Å². The lowest BCUT2D eigenvalue weighted by molar-refractivity contribution is -0.0152. The zero-order valence-electron chi connectivity index (χ0n) is 8.25. The molecule has 76 valence electrons. The predicted molar refractivity (Wildman–Crippen MR) is 48.5 cm³/mol. The first-order chi connectivity index (χ1) is 6.05. The second-order valence-electron chi connectivity index (χ2n) is 3.72. The summed E-state index contributed by atoms with van der Waals surface area (Å²) in [6, 6.07) is 0. The monoisotopic (exact) mass is 187 g/mol. The molecule has 0 aromatic heterocycles. The number of piperidine rings is 1. The Morgan fingerprint density at radius 2 is 2.38 bits per heavy atom. The van der Waals surface area contributed by atoms with Gasteiger partial charge in [0.05, 0.1) is 18.8 Å². The highest BCUT2D eigenvalue weighted by atomic mass is 16.6. The van der Waals surface area contributed by atoms with Crippen LogP contribution in [-0.4, -0.2) is 41.4 Å². The maximum Gasteiger partial charge on any atom is 0.409 e. The van der Waals surface area contributed by atoms with Gasteiger partial charge in [0, 0.05) is 6.54 Å². The van der Waals surface area contributed by atoms with Crippen molar-refractivity contribution in [2.45, 2.75) is 32.3 Å². The number of hydrogen-bond donors (Lipinski definition) is 1.